The smallest absolute Gasteiger partial charge is 0.311 e. The predicted octanol–water partition coefficient (Wildman–Crippen LogP) is 2.91. The van der Waals surface area contributed by atoms with Crippen LogP contribution >= 0.6 is 0 Å². The van der Waals surface area contributed by atoms with Crippen molar-refractivity contribution in [1.82, 2.24) is 0 Å². The Kier molecular flexibility index (Phi) is 6.69. The summed E-state index contributed by atoms with van der Waals surface area (Å²) < 4.78 is 10.5. The summed E-state index contributed by atoms with van der Waals surface area (Å²) in [5, 5.41) is 13.5. The summed E-state index contributed by atoms with van der Waals surface area (Å²) in [7, 11) is 0. The maximum Gasteiger partial charge on any atom is 0.311 e. The van der Waals surface area contributed by atoms with Crippen molar-refractivity contribution < 1.29 is 24.0 Å². The Bertz CT molecular complexity index is 627. The van der Waals surface area contributed by atoms with Gasteiger partial charge in [0.15, 0.2) is 0 Å². The first-order valence-electron chi connectivity index (χ1n) is 7.53. The summed E-state index contributed by atoms with van der Waals surface area (Å²) in [6, 6.07) is 4.17. The lowest BCUT2D eigenvalue weighted by Crippen LogP contribution is -2.28. The Hall–Kier alpha value is -2.64. The van der Waals surface area contributed by atoms with E-state index in [2.05, 4.69) is 5.32 Å². The van der Waals surface area contributed by atoms with Crippen molar-refractivity contribution in [2.45, 2.75) is 34.1 Å². The summed E-state index contributed by atoms with van der Waals surface area (Å²) in [5.74, 6) is -0.431. The molecule has 0 atom stereocenters. The van der Waals surface area contributed by atoms with Gasteiger partial charge in [-0.05, 0) is 39.3 Å². The Morgan fingerprint density at radius 3 is 2.54 bits per heavy atom. The highest BCUT2D eigenvalue weighted by Gasteiger charge is 2.29. The molecule has 0 heterocycles. The van der Waals surface area contributed by atoms with Crippen LogP contribution in [-0.2, 0) is 14.3 Å². The zero-order chi connectivity index (χ0) is 18.3. The molecule has 8 nitrogen and oxygen atoms in total. The van der Waals surface area contributed by atoms with Gasteiger partial charge in [0.05, 0.1) is 29.6 Å². The number of rotatable bonds is 8. The monoisotopic (exact) mass is 338 g/mol. The zero-order valence-corrected chi connectivity index (χ0v) is 14.3. The molecule has 0 saturated heterocycles. The molecule has 0 aliphatic heterocycles. The summed E-state index contributed by atoms with van der Waals surface area (Å²) in [6.07, 6.45) is 0.396. The van der Waals surface area contributed by atoms with Crippen molar-refractivity contribution in [3.05, 3.63) is 28.3 Å². The molecule has 1 aromatic carbocycles. The number of carbonyl (C=O) groups is 2. The van der Waals surface area contributed by atoms with Crippen LogP contribution in [0.25, 0.3) is 0 Å². The molecular weight excluding hydrogens is 316 g/mol. The number of hydrogen-bond acceptors (Lipinski definition) is 6. The maximum atomic E-state index is 11.8. The third kappa shape index (κ3) is 5.53. The van der Waals surface area contributed by atoms with Crippen LogP contribution in [0.5, 0.6) is 5.75 Å². The fraction of sp³-hybridized carbons (Fsp3) is 0.500. The Morgan fingerprint density at radius 1 is 1.33 bits per heavy atom. The number of nitro benzene ring substituents is 1. The SMILES string of the molecule is CCOC(=O)C(C)(C)CCOc1ccc(NC(C)=O)c([N+](=O)[O-])c1. The first kappa shape index (κ1) is 19.4. The van der Waals surface area contributed by atoms with Gasteiger partial charge in [-0.25, -0.2) is 0 Å². The minimum Gasteiger partial charge on any atom is -0.493 e. The summed E-state index contributed by atoms with van der Waals surface area (Å²) in [4.78, 5) is 33.3. The van der Waals surface area contributed by atoms with Crippen molar-refractivity contribution in [3.8, 4) is 5.75 Å². The van der Waals surface area contributed by atoms with Gasteiger partial charge in [0, 0.05) is 6.92 Å². The minimum absolute atomic E-state index is 0.103. The number of anilines is 1. The quantitative estimate of drug-likeness (QED) is 0.443. The molecule has 24 heavy (non-hydrogen) atoms. The van der Waals surface area contributed by atoms with Crippen molar-refractivity contribution in [1.29, 1.82) is 0 Å². The number of hydrogen-bond donors (Lipinski definition) is 1. The van der Waals surface area contributed by atoms with Crippen LogP contribution in [0.15, 0.2) is 18.2 Å². The van der Waals surface area contributed by atoms with E-state index in [4.69, 9.17) is 9.47 Å². The average molecular weight is 338 g/mol. The minimum atomic E-state index is -0.710. The molecule has 1 N–H and O–H groups in total. The van der Waals surface area contributed by atoms with Gasteiger partial charge in [-0.3, -0.25) is 19.7 Å². The molecule has 0 saturated carbocycles. The second kappa shape index (κ2) is 8.28. The van der Waals surface area contributed by atoms with Crippen LogP contribution in [0, 0.1) is 15.5 Å². The lowest BCUT2D eigenvalue weighted by atomic mass is 9.90. The second-order valence-corrected chi connectivity index (χ2v) is 5.82. The van der Waals surface area contributed by atoms with E-state index in [9.17, 15) is 19.7 Å². The molecule has 0 spiro atoms. The molecule has 1 aromatic rings. The van der Waals surface area contributed by atoms with Gasteiger partial charge in [0.1, 0.15) is 11.4 Å². The molecular formula is C16H22N2O6. The zero-order valence-electron chi connectivity index (χ0n) is 14.3. The number of amides is 1. The molecule has 1 rings (SSSR count). The normalized spacial score (nSPS) is 10.8. The van der Waals surface area contributed by atoms with Crippen LogP contribution < -0.4 is 10.1 Å². The number of benzene rings is 1. The number of nitro groups is 1. The van der Waals surface area contributed by atoms with E-state index in [1.165, 1.54) is 25.1 Å². The number of nitrogens with zero attached hydrogens (tertiary/aromatic N) is 1. The van der Waals surface area contributed by atoms with Crippen LogP contribution in [0.1, 0.15) is 34.1 Å². The van der Waals surface area contributed by atoms with Gasteiger partial charge >= 0.3 is 5.97 Å². The first-order valence-corrected chi connectivity index (χ1v) is 7.53. The topological polar surface area (TPSA) is 108 Å². The van der Waals surface area contributed by atoms with Gasteiger partial charge in [0.25, 0.3) is 5.69 Å². The fourth-order valence-corrected chi connectivity index (χ4v) is 1.90. The van der Waals surface area contributed by atoms with Crippen LogP contribution in [0.2, 0.25) is 0 Å². The highest BCUT2D eigenvalue weighted by Crippen LogP contribution is 2.30. The van der Waals surface area contributed by atoms with Crippen LogP contribution in [-0.4, -0.2) is 30.0 Å². The highest BCUT2D eigenvalue weighted by molar-refractivity contribution is 5.91. The van der Waals surface area contributed by atoms with Crippen LogP contribution in [0.4, 0.5) is 11.4 Å². The molecule has 0 aliphatic carbocycles. The van der Waals surface area contributed by atoms with E-state index in [0.717, 1.165) is 0 Å². The van der Waals surface area contributed by atoms with E-state index in [0.29, 0.717) is 13.0 Å². The standard InChI is InChI=1S/C16H22N2O6/c1-5-23-15(20)16(3,4)8-9-24-12-6-7-13(17-11(2)19)14(10-12)18(21)22/h6-7,10H,5,8-9H2,1-4H3,(H,17,19). The van der Waals surface area contributed by atoms with E-state index < -0.39 is 16.2 Å². The van der Waals surface area contributed by atoms with Crippen molar-refractivity contribution in [2.24, 2.45) is 5.41 Å². The average Bonchev–Trinajstić information content (AvgIpc) is 2.48. The molecule has 0 aliphatic rings. The number of esters is 1. The largest absolute Gasteiger partial charge is 0.493 e. The lowest BCUT2D eigenvalue weighted by molar-refractivity contribution is -0.384. The third-order valence-corrected chi connectivity index (χ3v) is 3.30. The van der Waals surface area contributed by atoms with Gasteiger partial charge in [-0.1, -0.05) is 0 Å². The summed E-state index contributed by atoms with van der Waals surface area (Å²) in [5.41, 5.74) is -0.864. The van der Waals surface area contributed by atoms with Gasteiger partial charge in [-0.15, -0.1) is 0 Å². The molecule has 0 aromatic heterocycles. The highest BCUT2D eigenvalue weighted by atomic mass is 16.6. The Balaban J connectivity index is 2.75. The molecule has 1 amide bonds. The molecule has 0 radical (unpaired) electrons. The molecule has 132 valence electrons. The molecule has 8 heteroatoms. The van der Waals surface area contributed by atoms with E-state index in [1.54, 1.807) is 20.8 Å². The van der Waals surface area contributed by atoms with Crippen molar-refractivity contribution in [2.75, 3.05) is 18.5 Å². The van der Waals surface area contributed by atoms with Crippen LogP contribution in [0.3, 0.4) is 0 Å². The number of nitrogens with one attached hydrogen (secondary N) is 1. The third-order valence-electron chi connectivity index (χ3n) is 3.30. The molecule has 0 bridgehead atoms. The van der Waals surface area contributed by atoms with E-state index in [1.807, 2.05) is 0 Å². The summed E-state index contributed by atoms with van der Waals surface area (Å²) in [6.45, 7) is 7.00. The number of ether oxygens (including phenoxy) is 2. The van der Waals surface area contributed by atoms with E-state index in [-0.39, 0.29) is 29.7 Å². The second-order valence-electron chi connectivity index (χ2n) is 5.82. The van der Waals surface area contributed by atoms with Gasteiger partial charge in [0.2, 0.25) is 5.91 Å². The molecule has 0 unspecified atom stereocenters. The Labute approximate surface area is 140 Å². The maximum absolute atomic E-state index is 11.8. The fourth-order valence-electron chi connectivity index (χ4n) is 1.90. The van der Waals surface area contributed by atoms with Gasteiger partial charge < -0.3 is 14.8 Å². The van der Waals surface area contributed by atoms with E-state index >= 15 is 0 Å². The Morgan fingerprint density at radius 2 is 2.00 bits per heavy atom. The molecule has 0 fully saturated rings. The lowest BCUT2D eigenvalue weighted by Gasteiger charge is -2.22. The van der Waals surface area contributed by atoms with Crippen molar-refractivity contribution in [3.63, 3.8) is 0 Å². The first-order chi connectivity index (χ1) is 11.2. The van der Waals surface area contributed by atoms with Crippen molar-refractivity contribution >= 4 is 23.3 Å². The summed E-state index contributed by atoms with van der Waals surface area (Å²) >= 11 is 0. The van der Waals surface area contributed by atoms with Gasteiger partial charge in [-0.2, -0.15) is 0 Å². The predicted molar refractivity (Wildman–Crippen MR) is 87.9 cm³/mol. The number of carbonyl (C=O) groups excluding carboxylic acids is 2.